The molecule has 1 aliphatic rings. The van der Waals surface area contributed by atoms with Crippen molar-refractivity contribution in [2.45, 2.75) is 6.42 Å². The van der Waals surface area contributed by atoms with E-state index in [9.17, 15) is 4.79 Å². The van der Waals surface area contributed by atoms with Gasteiger partial charge in [0.05, 0.1) is 12.2 Å². The number of nitrogens with zero attached hydrogens (tertiary/aromatic N) is 2. The number of carbonyl (C=O) groups excluding carboxylic acids is 1. The molecule has 0 aliphatic carbocycles. The van der Waals surface area contributed by atoms with Gasteiger partial charge >= 0.3 is 5.97 Å². The summed E-state index contributed by atoms with van der Waals surface area (Å²) in [6.45, 7) is 5.43. The van der Waals surface area contributed by atoms with E-state index >= 15 is 0 Å². The van der Waals surface area contributed by atoms with Gasteiger partial charge in [-0.1, -0.05) is 23.2 Å². The number of piperazine rings is 1. The van der Waals surface area contributed by atoms with Crippen LogP contribution in [-0.4, -0.2) is 55.2 Å². The van der Waals surface area contributed by atoms with Gasteiger partial charge in [0.2, 0.25) is 5.89 Å². The van der Waals surface area contributed by atoms with Crippen molar-refractivity contribution in [1.29, 1.82) is 0 Å². The van der Waals surface area contributed by atoms with Crippen LogP contribution in [0.25, 0.3) is 22.6 Å². The summed E-state index contributed by atoms with van der Waals surface area (Å²) in [6, 6.07) is 10.2. The zero-order chi connectivity index (χ0) is 20.2. The van der Waals surface area contributed by atoms with E-state index in [1.165, 1.54) is 0 Å². The van der Waals surface area contributed by atoms with Gasteiger partial charge in [0.25, 0.3) is 0 Å². The van der Waals surface area contributed by atoms with Crippen molar-refractivity contribution in [3.05, 3.63) is 52.0 Å². The first-order chi connectivity index (χ1) is 14.1. The van der Waals surface area contributed by atoms with Crippen LogP contribution in [-0.2, 0) is 4.74 Å². The van der Waals surface area contributed by atoms with Gasteiger partial charge in [-0.05, 0) is 42.8 Å². The van der Waals surface area contributed by atoms with Gasteiger partial charge in [0.15, 0.2) is 5.58 Å². The molecule has 6 nitrogen and oxygen atoms in total. The highest BCUT2D eigenvalue weighted by atomic mass is 35.5. The number of carbonyl (C=O) groups is 1. The molecular weight excluding hydrogens is 413 g/mol. The zero-order valence-electron chi connectivity index (χ0n) is 15.8. The number of nitrogens with one attached hydrogen (secondary N) is 1. The summed E-state index contributed by atoms with van der Waals surface area (Å²) in [4.78, 5) is 19.2. The summed E-state index contributed by atoms with van der Waals surface area (Å²) >= 11 is 12.1. The molecule has 0 amide bonds. The number of esters is 1. The fourth-order valence-electron chi connectivity index (χ4n) is 3.32. The van der Waals surface area contributed by atoms with Gasteiger partial charge in [0.1, 0.15) is 5.52 Å². The molecule has 0 radical (unpaired) electrons. The van der Waals surface area contributed by atoms with Crippen LogP contribution >= 0.6 is 23.2 Å². The molecule has 0 unspecified atom stereocenters. The van der Waals surface area contributed by atoms with E-state index in [0.29, 0.717) is 44.8 Å². The van der Waals surface area contributed by atoms with E-state index in [-0.39, 0.29) is 5.97 Å². The van der Waals surface area contributed by atoms with Crippen LogP contribution < -0.4 is 5.32 Å². The Hall–Kier alpha value is -2.12. The lowest BCUT2D eigenvalue weighted by atomic mass is 10.2. The molecule has 29 heavy (non-hydrogen) atoms. The smallest absolute Gasteiger partial charge is 0.338 e. The quantitative estimate of drug-likeness (QED) is 0.462. The van der Waals surface area contributed by atoms with Crippen molar-refractivity contribution in [1.82, 2.24) is 15.2 Å². The molecule has 3 aromatic rings. The molecule has 2 aromatic carbocycles. The Balaban J connectivity index is 1.39. The van der Waals surface area contributed by atoms with Crippen LogP contribution in [0, 0.1) is 0 Å². The molecule has 1 aliphatic heterocycles. The monoisotopic (exact) mass is 433 g/mol. The summed E-state index contributed by atoms with van der Waals surface area (Å²) in [5.74, 6) is 0.0295. The average Bonchev–Trinajstić information content (AvgIpc) is 3.14. The molecule has 4 rings (SSSR count). The second kappa shape index (κ2) is 9.13. The lowest BCUT2D eigenvalue weighted by Crippen LogP contribution is -2.43. The predicted octanol–water partition coefficient (Wildman–Crippen LogP) is 4.25. The maximum absolute atomic E-state index is 12.4. The van der Waals surface area contributed by atoms with Gasteiger partial charge in [0, 0.05) is 48.3 Å². The molecule has 0 saturated carbocycles. The first-order valence-corrected chi connectivity index (χ1v) is 10.3. The lowest BCUT2D eigenvalue weighted by molar-refractivity contribution is 0.0486. The van der Waals surface area contributed by atoms with Crippen LogP contribution in [0.15, 0.2) is 40.8 Å². The van der Waals surface area contributed by atoms with E-state index in [4.69, 9.17) is 32.4 Å². The molecule has 1 aromatic heterocycles. The summed E-state index contributed by atoms with van der Waals surface area (Å²) in [5.41, 5.74) is 2.26. The molecule has 152 valence electrons. The minimum Gasteiger partial charge on any atom is -0.462 e. The Morgan fingerprint density at radius 3 is 2.66 bits per heavy atom. The van der Waals surface area contributed by atoms with E-state index in [1.54, 1.807) is 36.4 Å². The number of halogens is 2. The second-order valence-electron chi connectivity index (χ2n) is 6.94. The van der Waals surface area contributed by atoms with Crippen molar-refractivity contribution in [3.63, 3.8) is 0 Å². The minimum absolute atomic E-state index is 0.365. The van der Waals surface area contributed by atoms with Crippen molar-refractivity contribution in [3.8, 4) is 11.5 Å². The number of aromatic nitrogens is 1. The average molecular weight is 434 g/mol. The van der Waals surface area contributed by atoms with E-state index in [1.807, 2.05) is 0 Å². The Morgan fingerprint density at radius 2 is 1.90 bits per heavy atom. The van der Waals surface area contributed by atoms with Gasteiger partial charge in [-0.2, -0.15) is 0 Å². The molecule has 0 atom stereocenters. The van der Waals surface area contributed by atoms with Crippen LogP contribution in [0.3, 0.4) is 0 Å². The first kappa shape index (κ1) is 20.2. The second-order valence-corrected chi connectivity index (χ2v) is 7.81. The van der Waals surface area contributed by atoms with Crippen LogP contribution in [0.5, 0.6) is 0 Å². The van der Waals surface area contributed by atoms with E-state index < -0.39 is 0 Å². The highest BCUT2D eigenvalue weighted by Gasteiger charge is 2.14. The Kier molecular flexibility index (Phi) is 6.35. The third-order valence-electron chi connectivity index (χ3n) is 4.80. The number of fused-ring (bicyclic) bond motifs is 1. The van der Waals surface area contributed by atoms with E-state index in [2.05, 4.69) is 15.2 Å². The van der Waals surface area contributed by atoms with Crippen molar-refractivity contribution in [2.75, 3.05) is 39.3 Å². The molecule has 1 fully saturated rings. The van der Waals surface area contributed by atoms with Crippen molar-refractivity contribution < 1.29 is 13.9 Å². The zero-order valence-corrected chi connectivity index (χ0v) is 17.3. The summed E-state index contributed by atoms with van der Waals surface area (Å²) in [5, 5.41) is 4.32. The Bertz CT molecular complexity index is 995. The fourth-order valence-corrected chi connectivity index (χ4v) is 3.85. The third kappa shape index (κ3) is 5.08. The standard InChI is InChI=1S/C21H21Cl2N3O3/c22-16-10-15(11-17(23)13-16)20-25-18-3-2-14(12-19(18)29-20)21(27)28-9-1-6-26-7-4-24-5-8-26/h2-3,10-13,24H,1,4-9H2. The molecule has 2 heterocycles. The Morgan fingerprint density at radius 1 is 1.14 bits per heavy atom. The van der Waals surface area contributed by atoms with Gasteiger partial charge in [-0.15, -0.1) is 0 Å². The number of oxazole rings is 1. The molecule has 8 heteroatoms. The lowest BCUT2D eigenvalue weighted by Gasteiger charge is -2.26. The number of hydrogen-bond donors (Lipinski definition) is 1. The molecular formula is C21H21Cl2N3O3. The normalized spacial score (nSPS) is 15.0. The maximum atomic E-state index is 12.4. The number of benzene rings is 2. The number of ether oxygens (including phenoxy) is 1. The minimum atomic E-state index is -0.365. The number of hydrogen-bond acceptors (Lipinski definition) is 6. The van der Waals surface area contributed by atoms with Gasteiger partial charge < -0.3 is 19.4 Å². The largest absolute Gasteiger partial charge is 0.462 e. The van der Waals surface area contributed by atoms with Crippen LogP contribution in [0.1, 0.15) is 16.8 Å². The molecule has 0 bridgehead atoms. The van der Waals surface area contributed by atoms with Gasteiger partial charge in [-0.25, -0.2) is 9.78 Å². The maximum Gasteiger partial charge on any atom is 0.338 e. The Labute approximate surface area is 178 Å². The summed E-state index contributed by atoms with van der Waals surface area (Å²) in [7, 11) is 0. The number of rotatable bonds is 6. The summed E-state index contributed by atoms with van der Waals surface area (Å²) in [6.07, 6.45) is 0.815. The van der Waals surface area contributed by atoms with E-state index in [0.717, 1.165) is 39.1 Å². The van der Waals surface area contributed by atoms with Crippen LogP contribution in [0.4, 0.5) is 0 Å². The van der Waals surface area contributed by atoms with Crippen molar-refractivity contribution in [2.24, 2.45) is 0 Å². The molecule has 1 saturated heterocycles. The van der Waals surface area contributed by atoms with Crippen molar-refractivity contribution >= 4 is 40.3 Å². The first-order valence-electron chi connectivity index (χ1n) is 9.56. The summed E-state index contributed by atoms with van der Waals surface area (Å²) < 4.78 is 11.2. The predicted molar refractivity (Wildman–Crippen MR) is 114 cm³/mol. The molecule has 1 N–H and O–H groups in total. The SMILES string of the molecule is O=C(OCCCN1CCNCC1)c1ccc2nc(-c3cc(Cl)cc(Cl)c3)oc2c1. The third-order valence-corrected chi connectivity index (χ3v) is 5.23. The van der Waals surface area contributed by atoms with Crippen LogP contribution in [0.2, 0.25) is 10.0 Å². The molecule has 0 spiro atoms. The topological polar surface area (TPSA) is 67.6 Å². The highest BCUT2D eigenvalue weighted by Crippen LogP contribution is 2.29. The van der Waals surface area contributed by atoms with Gasteiger partial charge in [-0.3, -0.25) is 0 Å². The highest BCUT2D eigenvalue weighted by molar-refractivity contribution is 6.35. The fraction of sp³-hybridized carbons (Fsp3) is 0.333.